The summed E-state index contributed by atoms with van der Waals surface area (Å²) in [4.78, 5) is 4.46. The first-order valence-corrected chi connectivity index (χ1v) is 6.58. The highest BCUT2D eigenvalue weighted by atomic mass is 16.5. The van der Waals surface area contributed by atoms with Crippen LogP contribution in [-0.2, 0) is 13.0 Å². The van der Waals surface area contributed by atoms with Gasteiger partial charge in [-0.15, -0.1) is 0 Å². The van der Waals surface area contributed by atoms with Gasteiger partial charge >= 0.3 is 0 Å². The van der Waals surface area contributed by atoms with E-state index in [0.717, 1.165) is 22.8 Å². The van der Waals surface area contributed by atoms with Crippen LogP contribution in [0.3, 0.4) is 0 Å². The van der Waals surface area contributed by atoms with Crippen LogP contribution in [0.4, 0.5) is 0 Å². The molecule has 0 aliphatic carbocycles. The second kappa shape index (κ2) is 5.71. The Morgan fingerprint density at radius 2 is 1.95 bits per heavy atom. The van der Waals surface area contributed by atoms with Crippen molar-refractivity contribution >= 4 is 5.65 Å². The molecule has 0 radical (unpaired) electrons. The monoisotopic (exact) mass is 268 g/mol. The molecule has 2 aromatic heterocycles. The number of pyridine rings is 1. The summed E-state index contributed by atoms with van der Waals surface area (Å²) in [6.45, 7) is 1.05. The summed E-state index contributed by atoms with van der Waals surface area (Å²) in [6.07, 6.45) is 2.53. The van der Waals surface area contributed by atoms with Crippen molar-refractivity contribution in [1.29, 1.82) is 0 Å². The summed E-state index contributed by atoms with van der Waals surface area (Å²) in [5, 5.41) is 4.36. The van der Waals surface area contributed by atoms with E-state index in [0.29, 0.717) is 19.6 Å². The maximum Gasteiger partial charge on any atom is 0.198 e. The lowest BCUT2D eigenvalue weighted by atomic mass is 10.2. The number of benzene rings is 1. The van der Waals surface area contributed by atoms with Gasteiger partial charge in [0.1, 0.15) is 6.61 Å². The van der Waals surface area contributed by atoms with Crippen molar-refractivity contribution in [2.45, 2.75) is 13.0 Å². The van der Waals surface area contributed by atoms with E-state index < -0.39 is 0 Å². The van der Waals surface area contributed by atoms with Gasteiger partial charge in [0.15, 0.2) is 17.2 Å². The third kappa shape index (κ3) is 2.62. The SMILES string of the molecule is NCCc1nc2c(OCc3ccccc3)cccn2n1. The number of nitrogens with two attached hydrogens (primary N) is 1. The van der Waals surface area contributed by atoms with E-state index in [1.807, 2.05) is 48.7 Å². The first-order chi connectivity index (χ1) is 9.86. The number of aromatic nitrogens is 3. The highest BCUT2D eigenvalue weighted by molar-refractivity contribution is 5.52. The molecule has 20 heavy (non-hydrogen) atoms. The number of rotatable bonds is 5. The lowest BCUT2D eigenvalue weighted by molar-refractivity contribution is 0.308. The molecule has 0 aliphatic heterocycles. The number of hydrogen-bond acceptors (Lipinski definition) is 4. The minimum atomic E-state index is 0.513. The Labute approximate surface area is 117 Å². The van der Waals surface area contributed by atoms with E-state index >= 15 is 0 Å². The lowest BCUT2D eigenvalue weighted by Crippen LogP contribution is -2.04. The van der Waals surface area contributed by atoms with Crippen molar-refractivity contribution in [3.8, 4) is 5.75 Å². The summed E-state index contributed by atoms with van der Waals surface area (Å²) in [6, 6.07) is 13.8. The van der Waals surface area contributed by atoms with Crippen LogP contribution in [0.1, 0.15) is 11.4 Å². The minimum Gasteiger partial charge on any atom is -0.485 e. The highest BCUT2D eigenvalue weighted by Crippen LogP contribution is 2.19. The molecule has 0 fully saturated rings. The summed E-state index contributed by atoms with van der Waals surface area (Å²) in [5.41, 5.74) is 7.38. The van der Waals surface area contributed by atoms with Gasteiger partial charge in [-0.1, -0.05) is 30.3 Å². The number of hydrogen-bond donors (Lipinski definition) is 1. The van der Waals surface area contributed by atoms with Gasteiger partial charge in [-0.25, -0.2) is 9.50 Å². The quantitative estimate of drug-likeness (QED) is 0.766. The molecule has 2 N–H and O–H groups in total. The van der Waals surface area contributed by atoms with Gasteiger partial charge in [0, 0.05) is 12.6 Å². The first-order valence-electron chi connectivity index (χ1n) is 6.58. The Kier molecular flexibility index (Phi) is 3.60. The molecule has 0 spiro atoms. The third-order valence-electron chi connectivity index (χ3n) is 2.98. The number of ether oxygens (including phenoxy) is 1. The normalized spacial score (nSPS) is 10.8. The average Bonchev–Trinajstić information content (AvgIpc) is 2.89. The van der Waals surface area contributed by atoms with Gasteiger partial charge < -0.3 is 10.5 Å². The molecule has 3 rings (SSSR count). The van der Waals surface area contributed by atoms with Crippen LogP contribution in [0.25, 0.3) is 5.65 Å². The second-order valence-electron chi connectivity index (χ2n) is 4.48. The second-order valence-corrected chi connectivity index (χ2v) is 4.48. The van der Waals surface area contributed by atoms with Crippen LogP contribution in [0.2, 0.25) is 0 Å². The smallest absolute Gasteiger partial charge is 0.198 e. The van der Waals surface area contributed by atoms with E-state index in [1.54, 1.807) is 4.52 Å². The van der Waals surface area contributed by atoms with Crippen molar-refractivity contribution in [2.24, 2.45) is 5.73 Å². The summed E-state index contributed by atoms with van der Waals surface area (Å²) in [5.74, 6) is 1.47. The molecule has 0 atom stereocenters. The van der Waals surface area contributed by atoms with Crippen molar-refractivity contribution in [3.63, 3.8) is 0 Å². The third-order valence-corrected chi connectivity index (χ3v) is 2.98. The molecular formula is C15H16N4O. The van der Waals surface area contributed by atoms with Gasteiger partial charge in [0.25, 0.3) is 0 Å². The summed E-state index contributed by atoms with van der Waals surface area (Å²) in [7, 11) is 0. The van der Waals surface area contributed by atoms with Crippen LogP contribution in [0.15, 0.2) is 48.7 Å². The minimum absolute atomic E-state index is 0.513. The highest BCUT2D eigenvalue weighted by Gasteiger charge is 2.08. The van der Waals surface area contributed by atoms with E-state index in [4.69, 9.17) is 10.5 Å². The molecule has 2 heterocycles. The lowest BCUT2D eigenvalue weighted by Gasteiger charge is -2.06. The maximum absolute atomic E-state index is 5.84. The van der Waals surface area contributed by atoms with Crippen molar-refractivity contribution in [2.75, 3.05) is 6.54 Å². The van der Waals surface area contributed by atoms with Crippen molar-refractivity contribution < 1.29 is 4.74 Å². The van der Waals surface area contributed by atoms with Gasteiger partial charge in [0.2, 0.25) is 0 Å². The zero-order chi connectivity index (χ0) is 13.8. The zero-order valence-electron chi connectivity index (χ0n) is 11.1. The Morgan fingerprint density at radius 3 is 2.75 bits per heavy atom. The molecule has 5 heteroatoms. The van der Waals surface area contributed by atoms with Crippen LogP contribution >= 0.6 is 0 Å². The van der Waals surface area contributed by atoms with Gasteiger partial charge in [-0.05, 0) is 24.2 Å². The first kappa shape index (κ1) is 12.6. The Hall–Kier alpha value is -2.40. The number of fused-ring (bicyclic) bond motifs is 1. The van der Waals surface area contributed by atoms with Crippen molar-refractivity contribution in [1.82, 2.24) is 14.6 Å². The number of nitrogens with zero attached hydrogens (tertiary/aromatic N) is 3. The fourth-order valence-corrected chi connectivity index (χ4v) is 2.01. The molecule has 0 bridgehead atoms. The molecule has 0 unspecified atom stereocenters. The summed E-state index contributed by atoms with van der Waals surface area (Å²) >= 11 is 0. The molecule has 3 aromatic rings. The predicted octanol–water partition coefficient (Wildman–Crippen LogP) is 1.81. The molecule has 0 aliphatic rings. The largest absolute Gasteiger partial charge is 0.485 e. The van der Waals surface area contributed by atoms with Crippen molar-refractivity contribution in [3.05, 3.63) is 60.0 Å². The molecule has 102 valence electrons. The van der Waals surface area contributed by atoms with Gasteiger partial charge in [-0.2, -0.15) is 5.10 Å². The standard InChI is InChI=1S/C15H16N4O/c16-9-8-14-17-15-13(7-4-10-19(15)18-14)20-11-12-5-2-1-3-6-12/h1-7,10H,8-9,11,16H2. The Bertz CT molecular complexity index is 693. The van der Waals surface area contributed by atoms with E-state index in [9.17, 15) is 0 Å². The van der Waals surface area contributed by atoms with E-state index in [-0.39, 0.29) is 0 Å². The van der Waals surface area contributed by atoms with E-state index in [2.05, 4.69) is 10.1 Å². The molecule has 0 saturated heterocycles. The van der Waals surface area contributed by atoms with Crippen LogP contribution in [-0.4, -0.2) is 21.1 Å². The fourth-order valence-electron chi connectivity index (χ4n) is 2.01. The summed E-state index contributed by atoms with van der Waals surface area (Å²) < 4.78 is 7.57. The van der Waals surface area contributed by atoms with E-state index in [1.165, 1.54) is 0 Å². The van der Waals surface area contributed by atoms with Crippen LogP contribution < -0.4 is 10.5 Å². The van der Waals surface area contributed by atoms with Crippen LogP contribution in [0.5, 0.6) is 5.75 Å². The molecule has 0 saturated carbocycles. The zero-order valence-corrected chi connectivity index (χ0v) is 11.1. The van der Waals surface area contributed by atoms with Gasteiger partial charge in [-0.3, -0.25) is 0 Å². The predicted molar refractivity (Wildman–Crippen MR) is 76.5 cm³/mol. The molecule has 1 aromatic carbocycles. The fraction of sp³-hybridized carbons (Fsp3) is 0.200. The average molecular weight is 268 g/mol. The van der Waals surface area contributed by atoms with Crippen LogP contribution in [0, 0.1) is 0 Å². The molecule has 5 nitrogen and oxygen atoms in total. The Balaban J connectivity index is 1.83. The molecule has 0 amide bonds. The topological polar surface area (TPSA) is 65.4 Å². The molecular weight excluding hydrogens is 252 g/mol. The van der Waals surface area contributed by atoms with Gasteiger partial charge in [0.05, 0.1) is 0 Å². The maximum atomic E-state index is 5.84. The Morgan fingerprint density at radius 1 is 1.10 bits per heavy atom.